The molecule has 2 aliphatic rings. The smallest absolute Gasteiger partial charge is 0.357 e. The van der Waals surface area contributed by atoms with Gasteiger partial charge in [0.2, 0.25) is 11.8 Å². The van der Waals surface area contributed by atoms with E-state index < -0.39 is 53.0 Å². The van der Waals surface area contributed by atoms with E-state index in [0.717, 1.165) is 75.8 Å². The van der Waals surface area contributed by atoms with E-state index in [4.69, 9.17) is 9.47 Å². The summed E-state index contributed by atoms with van der Waals surface area (Å²) in [6, 6.07) is -0.578. The van der Waals surface area contributed by atoms with Gasteiger partial charge in [-0.1, -0.05) is 68.2 Å². The number of amides is 2. The van der Waals surface area contributed by atoms with Crippen molar-refractivity contribution in [3.8, 4) is 0 Å². The van der Waals surface area contributed by atoms with E-state index in [9.17, 15) is 43.8 Å². The van der Waals surface area contributed by atoms with Gasteiger partial charge in [0.15, 0.2) is 29.1 Å². The number of hydrogen-bond donors (Lipinski definition) is 2. The summed E-state index contributed by atoms with van der Waals surface area (Å²) in [5.74, 6) is -2.80. The summed E-state index contributed by atoms with van der Waals surface area (Å²) < 4.78 is 10.6. The van der Waals surface area contributed by atoms with Crippen LogP contribution in [0, 0.1) is 35.5 Å². The molecule has 0 radical (unpaired) electrons. The molecule has 0 aliphatic carbocycles. The molecule has 2 saturated heterocycles. The van der Waals surface area contributed by atoms with Gasteiger partial charge in [-0.15, -0.1) is 22.7 Å². The molecule has 0 saturated carbocycles. The van der Waals surface area contributed by atoms with Crippen molar-refractivity contribution in [3.63, 3.8) is 0 Å². The van der Waals surface area contributed by atoms with E-state index in [1.54, 1.807) is 36.2 Å². The van der Waals surface area contributed by atoms with Crippen LogP contribution in [0.5, 0.6) is 0 Å². The van der Waals surface area contributed by atoms with Crippen LogP contribution in [0.2, 0.25) is 0 Å². The predicted octanol–water partition coefficient (Wildman–Crippen LogP) is 9.54. The number of carboxylic acids is 1. The molecule has 424 valence electrons. The number of esters is 2. The third-order valence-electron chi connectivity index (χ3n) is 16.6. The van der Waals surface area contributed by atoms with Crippen molar-refractivity contribution in [3.05, 3.63) is 32.2 Å². The molecule has 10 atom stereocenters. The fraction of sp³-hybridized carbons (Fsp3) is 0.768. The Hall–Kier alpha value is -4.17. The van der Waals surface area contributed by atoms with Gasteiger partial charge in [-0.3, -0.25) is 33.8 Å². The molecule has 2 aliphatic heterocycles. The Morgan fingerprint density at radius 3 is 1.51 bits per heavy atom. The van der Waals surface area contributed by atoms with Gasteiger partial charge in [-0.2, -0.15) is 0 Å². The summed E-state index contributed by atoms with van der Waals surface area (Å²) in [4.78, 5) is 106. The monoisotopic (exact) mass is 1090 g/mol. The molecule has 0 unspecified atom stereocenters. The molecule has 4 heterocycles. The number of aromatic carboxylic acids is 1. The average molecular weight is 1090 g/mol. The summed E-state index contributed by atoms with van der Waals surface area (Å²) in [7, 11) is 7.52. The van der Waals surface area contributed by atoms with Crippen molar-refractivity contribution in [2.75, 3.05) is 47.9 Å². The van der Waals surface area contributed by atoms with Crippen LogP contribution >= 0.6 is 22.7 Å². The first-order chi connectivity index (χ1) is 35.1. The topological polar surface area (TPSA) is 217 Å². The SMILES string of the molecule is CCOC(=O)c1csc([C@H](O)C[C@H](C(C)C)N(C)C(=O)[C@@H](CC(=O)[C@]2(C)CCCCN2C)[C@@H](C)CC)n1.CC[C@H](C)[C@H](CC(=O)[C@]1(C)CCCCN1C)C(=O)N(C)[C@H](C[C@@H](OC(C)=O)c1nc(C(=O)O)cs1)C(C)C. The van der Waals surface area contributed by atoms with Gasteiger partial charge < -0.3 is 29.5 Å². The van der Waals surface area contributed by atoms with E-state index >= 15 is 0 Å². The van der Waals surface area contributed by atoms with E-state index in [2.05, 4.69) is 26.7 Å². The highest BCUT2D eigenvalue weighted by Gasteiger charge is 2.44. The second kappa shape index (κ2) is 29.5. The number of aromatic nitrogens is 2. The molecule has 19 heteroatoms. The Kier molecular flexibility index (Phi) is 25.6. The Morgan fingerprint density at radius 1 is 0.693 bits per heavy atom. The summed E-state index contributed by atoms with van der Waals surface area (Å²) in [5.41, 5.74) is -1.02. The first-order valence-corrected chi connectivity index (χ1v) is 29.0. The fourth-order valence-electron chi connectivity index (χ4n) is 10.5. The molecule has 17 nitrogen and oxygen atoms in total. The normalized spacial score (nSPS) is 21.6. The first-order valence-electron chi connectivity index (χ1n) is 27.3. The highest BCUT2D eigenvalue weighted by Crippen LogP contribution is 2.37. The van der Waals surface area contributed by atoms with Crippen molar-refractivity contribution in [1.82, 2.24) is 29.6 Å². The van der Waals surface area contributed by atoms with E-state index in [0.29, 0.717) is 10.0 Å². The highest BCUT2D eigenvalue weighted by atomic mass is 32.1. The lowest BCUT2D eigenvalue weighted by molar-refractivity contribution is -0.150. The van der Waals surface area contributed by atoms with Crippen LogP contribution in [0.4, 0.5) is 0 Å². The molecule has 0 spiro atoms. The minimum absolute atomic E-state index is 0.0104. The van der Waals surface area contributed by atoms with Crippen molar-refractivity contribution >= 4 is 64.0 Å². The third-order valence-corrected chi connectivity index (χ3v) is 18.5. The molecule has 0 aromatic carbocycles. The quantitative estimate of drug-likeness (QED) is 0.0839. The standard InChI is InChI=1S/C28H45N3O6S.C28H47N3O5S/c1-9-18(4)20(14-24(33)28(6)12-10-11-13-30(28)7)26(34)31(8)22(17(2)3)15-23(37-19(5)32)25-29-21(16-38-25)27(35)36;1-9-19(5)20(15-24(33)28(6)13-11-12-14-30(28)7)26(34)31(8)22(18(3)4)16-23(32)25-29-21(17-37-25)27(35)36-10-2/h16-18,20,22-23H,9-15H2,1-8H3,(H,35,36);17-20,22-23,32H,9-16H2,1-8H3/t18-,20-,22+,23+,28-;19-,20-,22+,23+,28-/m00/s1. The van der Waals surface area contributed by atoms with Gasteiger partial charge in [0, 0.05) is 81.4 Å². The number of likely N-dealkylation sites (tertiary alicyclic amines) is 2. The van der Waals surface area contributed by atoms with Crippen molar-refractivity contribution < 1.29 is 53.2 Å². The molecule has 2 amide bonds. The van der Waals surface area contributed by atoms with Crippen molar-refractivity contribution in [2.24, 2.45) is 35.5 Å². The minimum atomic E-state index is -1.15. The lowest BCUT2D eigenvalue weighted by Gasteiger charge is -2.43. The number of hydrogen-bond acceptors (Lipinski definition) is 16. The maximum absolute atomic E-state index is 14.0. The first kappa shape index (κ1) is 65.1. The lowest BCUT2D eigenvalue weighted by atomic mass is 9.77. The molecule has 2 N–H and O–H groups in total. The molecular weight excluding hydrogens is 997 g/mol. The predicted molar refractivity (Wildman–Crippen MR) is 294 cm³/mol. The number of thiazole rings is 2. The van der Waals surface area contributed by atoms with Gasteiger partial charge in [0.05, 0.1) is 17.7 Å². The maximum atomic E-state index is 14.0. The molecule has 2 aromatic heterocycles. The number of ketones is 2. The van der Waals surface area contributed by atoms with Crippen molar-refractivity contribution in [2.45, 2.75) is 196 Å². The molecule has 75 heavy (non-hydrogen) atoms. The largest absolute Gasteiger partial charge is 0.476 e. The Morgan fingerprint density at radius 2 is 1.12 bits per heavy atom. The number of carbonyl (C=O) groups is 7. The fourth-order valence-corrected chi connectivity index (χ4v) is 12.1. The van der Waals surface area contributed by atoms with E-state index in [1.807, 2.05) is 76.4 Å². The highest BCUT2D eigenvalue weighted by molar-refractivity contribution is 7.10. The lowest BCUT2D eigenvalue weighted by Crippen LogP contribution is -2.54. The number of likely N-dealkylation sites (N-methyl/N-ethyl adjacent to an activating group) is 2. The number of carbonyl (C=O) groups excluding carboxylic acids is 6. The van der Waals surface area contributed by atoms with Gasteiger partial charge >= 0.3 is 17.9 Å². The van der Waals surface area contributed by atoms with Crippen LogP contribution in [0.15, 0.2) is 10.8 Å². The van der Waals surface area contributed by atoms with Crippen LogP contribution in [-0.4, -0.2) is 152 Å². The maximum Gasteiger partial charge on any atom is 0.357 e. The van der Waals surface area contributed by atoms with E-state index in [1.165, 1.54) is 23.6 Å². The van der Waals surface area contributed by atoms with Gasteiger partial charge in [-0.25, -0.2) is 19.6 Å². The Labute approximate surface area is 455 Å². The summed E-state index contributed by atoms with van der Waals surface area (Å²) in [5, 5.41) is 24.1. The number of aliphatic hydroxyl groups is 1. The van der Waals surface area contributed by atoms with Crippen LogP contribution < -0.4 is 0 Å². The number of carboxylic acid groups (broad SMARTS) is 1. The Bertz CT molecular complexity index is 2220. The van der Waals surface area contributed by atoms with Crippen molar-refractivity contribution in [1.29, 1.82) is 0 Å². The number of piperidine rings is 2. The Balaban J connectivity index is 0.000000395. The number of nitrogens with zero attached hydrogens (tertiary/aromatic N) is 6. The number of aliphatic hydroxyl groups excluding tert-OH is 1. The van der Waals surface area contributed by atoms with E-state index in [-0.39, 0.29) is 103 Å². The molecule has 0 bridgehead atoms. The summed E-state index contributed by atoms with van der Waals surface area (Å²) in [6.45, 7) is 25.2. The average Bonchev–Trinajstić information content (AvgIpc) is 4.08. The van der Waals surface area contributed by atoms with Gasteiger partial charge in [0.25, 0.3) is 0 Å². The zero-order chi connectivity index (χ0) is 56.7. The molecule has 2 aromatic rings. The summed E-state index contributed by atoms with van der Waals surface area (Å²) in [6.07, 6.45) is 6.64. The second-order valence-corrected chi connectivity index (χ2v) is 24.1. The van der Waals surface area contributed by atoms with Crippen LogP contribution in [0.25, 0.3) is 0 Å². The van der Waals surface area contributed by atoms with Crippen LogP contribution in [0.1, 0.15) is 203 Å². The molecular formula is C56H92N6O11S2. The zero-order valence-corrected chi connectivity index (χ0v) is 49.7. The number of Topliss-reactive ketones (excluding diaryl/α,β-unsaturated/α-hetero) is 2. The minimum Gasteiger partial charge on any atom is -0.476 e. The van der Waals surface area contributed by atoms with Gasteiger partial charge in [0.1, 0.15) is 16.1 Å². The number of ether oxygens (including phenoxy) is 2. The zero-order valence-electron chi connectivity index (χ0n) is 48.1. The molecule has 4 rings (SSSR count). The second-order valence-electron chi connectivity index (χ2n) is 22.3. The van der Waals surface area contributed by atoms with Crippen LogP contribution in [-0.2, 0) is 33.4 Å². The third kappa shape index (κ3) is 17.2. The van der Waals surface area contributed by atoms with Gasteiger partial charge in [-0.05, 0) is 110 Å². The summed E-state index contributed by atoms with van der Waals surface area (Å²) >= 11 is 2.33. The molecule has 2 fully saturated rings. The van der Waals surface area contributed by atoms with Crippen LogP contribution in [0.3, 0.4) is 0 Å². The number of rotatable bonds is 26.